The van der Waals surface area contributed by atoms with Gasteiger partial charge in [-0.25, -0.2) is 9.78 Å². The number of methoxy groups -OCH3 is 1. The molecule has 1 N–H and O–H groups in total. The van der Waals surface area contributed by atoms with Crippen molar-refractivity contribution >= 4 is 45.2 Å². The Morgan fingerprint density at radius 1 is 1.39 bits per heavy atom. The Kier molecular flexibility index (Phi) is 6.44. The van der Waals surface area contributed by atoms with Gasteiger partial charge in [-0.3, -0.25) is 14.2 Å². The summed E-state index contributed by atoms with van der Waals surface area (Å²) < 4.78 is 6.31. The van der Waals surface area contributed by atoms with Crippen molar-refractivity contribution in [3.05, 3.63) is 20.8 Å². The number of fused-ring (bicyclic) bond motifs is 3. The Bertz CT molecular complexity index is 966. The molecule has 0 bridgehead atoms. The normalized spacial score (nSPS) is 15.3. The molecule has 0 saturated heterocycles. The zero-order chi connectivity index (χ0) is 20.4. The van der Waals surface area contributed by atoms with Crippen LogP contribution in [0.3, 0.4) is 0 Å². The lowest BCUT2D eigenvalue weighted by atomic mass is 9.99. The summed E-state index contributed by atoms with van der Waals surface area (Å²) in [6, 6.07) is -0.678. The molecular weight excluding hydrogens is 398 g/mol. The summed E-state index contributed by atoms with van der Waals surface area (Å²) in [7, 11) is 3.00. The zero-order valence-corrected chi connectivity index (χ0v) is 18.2. The average Bonchev–Trinajstić information content (AvgIpc) is 3.27. The molecule has 0 spiro atoms. The molecule has 0 radical (unpaired) electrons. The second-order valence-corrected chi connectivity index (χ2v) is 9.06. The fraction of sp³-hybridized carbons (Fsp3) is 0.579. The molecule has 2 aromatic rings. The molecule has 0 aliphatic heterocycles. The summed E-state index contributed by atoms with van der Waals surface area (Å²) in [4.78, 5) is 43.8. The van der Waals surface area contributed by atoms with E-state index in [1.165, 1.54) is 28.3 Å². The summed E-state index contributed by atoms with van der Waals surface area (Å²) >= 11 is 2.78. The van der Waals surface area contributed by atoms with Gasteiger partial charge in [0.25, 0.3) is 5.56 Å². The van der Waals surface area contributed by atoms with Crippen LogP contribution in [0.2, 0.25) is 0 Å². The highest BCUT2D eigenvalue weighted by atomic mass is 32.2. The SMILES string of the molecule is CC[C@H](C)[C@@H](NC(=O)CSc1nc2sc3c(c2c(=O)n1C)CCC3)C(=O)OC. The summed E-state index contributed by atoms with van der Waals surface area (Å²) in [5.41, 5.74) is 1.09. The minimum Gasteiger partial charge on any atom is -0.467 e. The van der Waals surface area contributed by atoms with E-state index >= 15 is 0 Å². The third-order valence-corrected chi connectivity index (χ3v) is 7.44. The van der Waals surface area contributed by atoms with Gasteiger partial charge >= 0.3 is 5.97 Å². The van der Waals surface area contributed by atoms with Crippen LogP contribution in [0.5, 0.6) is 0 Å². The van der Waals surface area contributed by atoms with Gasteiger partial charge in [-0.2, -0.15) is 0 Å². The number of esters is 1. The molecule has 2 aromatic heterocycles. The molecule has 0 aromatic carbocycles. The van der Waals surface area contributed by atoms with Crippen molar-refractivity contribution in [2.45, 2.75) is 50.7 Å². The Morgan fingerprint density at radius 3 is 2.82 bits per heavy atom. The fourth-order valence-corrected chi connectivity index (χ4v) is 5.46. The predicted molar refractivity (Wildman–Crippen MR) is 111 cm³/mol. The molecule has 0 saturated carbocycles. The second kappa shape index (κ2) is 8.65. The Hall–Kier alpha value is -1.87. The quantitative estimate of drug-likeness (QED) is 0.417. The molecule has 152 valence electrons. The number of carbonyl (C=O) groups is 2. The second-order valence-electron chi connectivity index (χ2n) is 7.04. The van der Waals surface area contributed by atoms with Gasteiger partial charge in [-0.15, -0.1) is 11.3 Å². The topological polar surface area (TPSA) is 90.3 Å². The first-order valence-corrected chi connectivity index (χ1v) is 11.2. The molecule has 2 atom stereocenters. The van der Waals surface area contributed by atoms with E-state index < -0.39 is 12.0 Å². The van der Waals surface area contributed by atoms with E-state index in [2.05, 4.69) is 10.3 Å². The number of amides is 1. The molecule has 1 aliphatic carbocycles. The number of ether oxygens (including phenoxy) is 1. The largest absolute Gasteiger partial charge is 0.467 e. The summed E-state index contributed by atoms with van der Waals surface area (Å²) in [6.07, 6.45) is 3.78. The number of aromatic nitrogens is 2. The minimum atomic E-state index is -0.678. The molecule has 1 aliphatic rings. The van der Waals surface area contributed by atoms with Crippen molar-refractivity contribution < 1.29 is 14.3 Å². The average molecular weight is 424 g/mol. The lowest BCUT2D eigenvalue weighted by molar-refractivity contribution is -0.146. The number of nitrogens with zero attached hydrogens (tertiary/aromatic N) is 2. The van der Waals surface area contributed by atoms with Crippen molar-refractivity contribution in [1.82, 2.24) is 14.9 Å². The first-order valence-electron chi connectivity index (χ1n) is 9.38. The van der Waals surface area contributed by atoms with E-state index in [1.54, 1.807) is 18.4 Å². The number of carbonyl (C=O) groups excluding carboxylic acids is 2. The van der Waals surface area contributed by atoms with Crippen LogP contribution in [0.25, 0.3) is 10.2 Å². The summed E-state index contributed by atoms with van der Waals surface area (Å²) in [6.45, 7) is 3.85. The third-order valence-electron chi connectivity index (χ3n) is 5.22. The number of thioether (sulfide) groups is 1. The van der Waals surface area contributed by atoms with E-state index in [1.807, 2.05) is 13.8 Å². The monoisotopic (exact) mass is 423 g/mol. The van der Waals surface area contributed by atoms with Crippen molar-refractivity contribution in [2.75, 3.05) is 12.9 Å². The van der Waals surface area contributed by atoms with Crippen molar-refractivity contribution in [3.8, 4) is 0 Å². The number of nitrogens with one attached hydrogen (secondary N) is 1. The van der Waals surface area contributed by atoms with Crippen LogP contribution in [0, 0.1) is 5.92 Å². The van der Waals surface area contributed by atoms with Crippen LogP contribution < -0.4 is 10.9 Å². The van der Waals surface area contributed by atoms with Gasteiger partial charge in [0.05, 0.1) is 18.2 Å². The maximum absolute atomic E-state index is 12.8. The molecule has 0 fully saturated rings. The molecular formula is C19H25N3O4S2. The van der Waals surface area contributed by atoms with Crippen LogP contribution in [-0.4, -0.2) is 40.3 Å². The molecule has 28 heavy (non-hydrogen) atoms. The number of hydrogen-bond donors (Lipinski definition) is 1. The maximum Gasteiger partial charge on any atom is 0.328 e. The van der Waals surface area contributed by atoms with Crippen LogP contribution in [0.4, 0.5) is 0 Å². The first-order chi connectivity index (χ1) is 13.4. The summed E-state index contributed by atoms with van der Waals surface area (Å²) in [5, 5.41) is 3.98. The van der Waals surface area contributed by atoms with E-state index in [0.29, 0.717) is 5.16 Å². The van der Waals surface area contributed by atoms with Crippen molar-refractivity contribution in [2.24, 2.45) is 13.0 Å². The molecule has 3 rings (SSSR count). The third kappa shape index (κ3) is 3.96. The highest BCUT2D eigenvalue weighted by Gasteiger charge is 2.27. The van der Waals surface area contributed by atoms with Gasteiger partial charge in [0.2, 0.25) is 5.91 Å². The molecule has 9 heteroatoms. The van der Waals surface area contributed by atoms with Crippen LogP contribution >= 0.6 is 23.1 Å². The minimum absolute atomic E-state index is 0.0336. The number of rotatable bonds is 7. The van der Waals surface area contributed by atoms with Gasteiger partial charge in [-0.05, 0) is 30.7 Å². The number of hydrogen-bond acceptors (Lipinski definition) is 7. The Morgan fingerprint density at radius 2 is 2.14 bits per heavy atom. The van der Waals surface area contributed by atoms with Crippen LogP contribution in [-0.2, 0) is 34.2 Å². The molecule has 2 heterocycles. The number of thiophene rings is 1. The predicted octanol–water partition coefficient (Wildman–Crippen LogP) is 2.28. The van der Waals surface area contributed by atoms with E-state index in [0.717, 1.165) is 41.5 Å². The van der Waals surface area contributed by atoms with E-state index in [9.17, 15) is 14.4 Å². The standard InChI is InChI=1S/C19H25N3O4S2/c1-5-10(2)15(18(25)26-4)20-13(23)9-27-19-21-16-14(17(24)22(19)3)11-7-6-8-12(11)28-16/h10,15H,5-9H2,1-4H3,(H,20,23)/t10-,15+/m0/s1. The zero-order valence-electron chi connectivity index (χ0n) is 16.5. The fourth-order valence-electron chi connectivity index (χ4n) is 3.38. The highest BCUT2D eigenvalue weighted by Crippen LogP contribution is 2.35. The lowest BCUT2D eigenvalue weighted by Crippen LogP contribution is -2.46. The van der Waals surface area contributed by atoms with E-state index in [-0.39, 0.29) is 23.1 Å². The molecule has 7 nitrogen and oxygen atoms in total. The summed E-state index contributed by atoms with van der Waals surface area (Å²) in [5.74, 6) is -0.703. The van der Waals surface area contributed by atoms with Crippen molar-refractivity contribution in [1.29, 1.82) is 0 Å². The van der Waals surface area contributed by atoms with Gasteiger partial charge < -0.3 is 10.1 Å². The first kappa shape index (κ1) is 20.9. The van der Waals surface area contributed by atoms with Crippen LogP contribution in [0.15, 0.2) is 9.95 Å². The molecule has 0 unspecified atom stereocenters. The maximum atomic E-state index is 12.8. The Labute approximate surface area is 171 Å². The van der Waals surface area contributed by atoms with Gasteiger partial charge in [-0.1, -0.05) is 32.0 Å². The number of aryl methyl sites for hydroxylation is 2. The van der Waals surface area contributed by atoms with Gasteiger partial charge in [0.1, 0.15) is 10.9 Å². The highest BCUT2D eigenvalue weighted by molar-refractivity contribution is 7.99. The van der Waals surface area contributed by atoms with Gasteiger partial charge in [0, 0.05) is 11.9 Å². The van der Waals surface area contributed by atoms with E-state index in [4.69, 9.17) is 4.74 Å². The van der Waals surface area contributed by atoms with Crippen LogP contribution in [0.1, 0.15) is 37.1 Å². The Balaban J connectivity index is 1.74. The smallest absolute Gasteiger partial charge is 0.328 e. The lowest BCUT2D eigenvalue weighted by Gasteiger charge is -2.21. The molecule has 1 amide bonds. The van der Waals surface area contributed by atoms with Crippen molar-refractivity contribution in [3.63, 3.8) is 0 Å². The van der Waals surface area contributed by atoms with Gasteiger partial charge in [0.15, 0.2) is 5.16 Å².